The number of aliphatic imine (C=N–C) groups is 3. The van der Waals surface area contributed by atoms with Crippen molar-refractivity contribution in [3.8, 4) is 0 Å². The van der Waals surface area contributed by atoms with Gasteiger partial charge in [-0.3, -0.25) is 10.3 Å². The average Bonchev–Trinajstić information content (AvgIpc) is 3.07. The SMILES string of the molecule is COC1=NC2N=CC3=C(C2=N1)N(Cc1c(F)cc(S(N)(=O)=O)cc1F)CNC3. The van der Waals surface area contributed by atoms with Crippen molar-refractivity contribution in [1.29, 1.82) is 0 Å². The molecule has 1 aromatic rings. The largest absolute Gasteiger partial charge is 0.467 e. The lowest BCUT2D eigenvalue weighted by atomic mass is 10.0. The molecule has 0 aromatic heterocycles. The number of ether oxygens (including phenoxy) is 1. The van der Waals surface area contributed by atoms with Crippen LogP contribution in [0.15, 0.2) is 43.3 Å². The van der Waals surface area contributed by atoms with Crippen molar-refractivity contribution in [3.05, 3.63) is 40.6 Å². The van der Waals surface area contributed by atoms with E-state index >= 15 is 0 Å². The highest BCUT2D eigenvalue weighted by Gasteiger charge is 2.35. The van der Waals surface area contributed by atoms with Gasteiger partial charge >= 0.3 is 6.02 Å². The lowest BCUT2D eigenvalue weighted by Crippen LogP contribution is -2.46. The molecular weight excluding hydrogens is 394 g/mol. The number of methoxy groups -OCH3 is 1. The normalized spacial score (nSPS) is 21.3. The quantitative estimate of drug-likeness (QED) is 0.732. The molecule has 0 aliphatic carbocycles. The van der Waals surface area contributed by atoms with E-state index in [0.717, 1.165) is 5.57 Å². The topological polar surface area (TPSA) is 122 Å². The van der Waals surface area contributed by atoms with E-state index in [9.17, 15) is 17.2 Å². The number of rotatable bonds is 3. The number of benzene rings is 1. The lowest BCUT2D eigenvalue weighted by Gasteiger charge is -2.35. The summed E-state index contributed by atoms with van der Waals surface area (Å²) in [4.78, 5) is 13.9. The van der Waals surface area contributed by atoms with Gasteiger partial charge in [0.15, 0.2) is 6.17 Å². The number of nitrogens with one attached hydrogen (secondary N) is 1. The molecule has 0 fully saturated rings. The van der Waals surface area contributed by atoms with Crippen LogP contribution in [0.4, 0.5) is 8.78 Å². The fourth-order valence-corrected chi connectivity index (χ4v) is 3.77. The van der Waals surface area contributed by atoms with Gasteiger partial charge in [-0.25, -0.2) is 22.3 Å². The van der Waals surface area contributed by atoms with Crippen molar-refractivity contribution in [3.63, 3.8) is 0 Å². The Morgan fingerprint density at radius 2 is 2.07 bits per heavy atom. The van der Waals surface area contributed by atoms with Gasteiger partial charge in [-0.05, 0) is 12.1 Å². The molecule has 3 aliphatic heterocycles. The average molecular weight is 410 g/mol. The van der Waals surface area contributed by atoms with E-state index < -0.39 is 32.7 Å². The van der Waals surface area contributed by atoms with Crippen LogP contribution < -0.4 is 10.5 Å². The first-order chi connectivity index (χ1) is 13.3. The number of fused-ring (bicyclic) bond motifs is 2. The molecule has 0 spiro atoms. The second kappa shape index (κ2) is 6.72. The number of sulfonamides is 1. The van der Waals surface area contributed by atoms with Crippen molar-refractivity contribution in [2.24, 2.45) is 20.1 Å². The molecule has 4 rings (SSSR count). The van der Waals surface area contributed by atoms with Gasteiger partial charge in [-0.1, -0.05) is 0 Å². The highest BCUT2D eigenvalue weighted by Crippen LogP contribution is 2.28. The number of nitrogens with two attached hydrogens (primary N) is 1. The molecule has 0 bridgehead atoms. The van der Waals surface area contributed by atoms with E-state index in [1.165, 1.54) is 7.11 Å². The summed E-state index contributed by atoms with van der Waals surface area (Å²) in [5, 5.41) is 8.08. The molecule has 3 heterocycles. The summed E-state index contributed by atoms with van der Waals surface area (Å²) in [5.41, 5.74) is 1.73. The molecule has 28 heavy (non-hydrogen) atoms. The number of halogens is 2. The fraction of sp³-hybridized carbons (Fsp3) is 0.312. The van der Waals surface area contributed by atoms with Crippen molar-refractivity contribution in [2.75, 3.05) is 20.3 Å². The van der Waals surface area contributed by atoms with E-state index in [4.69, 9.17) is 9.88 Å². The van der Waals surface area contributed by atoms with Crippen LogP contribution in [0.25, 0.3) is 0 Å². The van der Waals surface area contributed by atoms with Crippen molar-refractivity contribution >= 4 is 28.0 Å². The van der Waals surface area contributed by atoms with Gasteiger partial charge in [0.25, 0.3) is 0 Å². The lowest BCUT2D eigenvalue weighted by molar-refractivity contribution is 0.298. The first-order valence-electron chi connectivity index (χ1n) is 8.21. The van der Waals surface area contributed by atoms with Gasteiger partial charge in [-0.2, -0.15) is 9.98 Å². The predicted octanol–water partition coefficient (Wildman–Crippen LogP) is 0.0965. The first kappa shape index (κ1) is 18.7. The monoisotopic (exact) mass is 410 g/mol. The van der Waals surface area contributed by atoms with Gasteiger partial charge < -0.3 is 9.64 Å². The van der Waals surface area contributed by atoms with E-state index in [1.807, 2.05) is 0 Å². The van der Waals surface area contributed by atoms with Gasteiger partial charge in [0.1, 0.15) is 17.3 Å². The summed E-state index contributed by atoms with van der Waals surface area (Å²) in [6, 6.07) is 1.61. The predicted molar refractivity (Wildman–Crippen MR) is 97.3 cm³/mol. The van der Waals surface area contributed by atoms with Gasteiger partial charge in [0, 0.05) is 23.9 Å². The van der Waals surface area contributed by atoms with Gasteiger partial charge in [-0.15, -0.1) is 0 Å². The number of amidine groups is 1. The Kier molecular flexibility index (Phi) is 4.48. The Morgan fingerprint density at radius 3 is 2.71 bits per heavy atom. The van der Waals surface area contributed by atoms with E-state index in [1.54, 1.807) is 11.1 Å². The molecule has 1 atom stereocenters. The van der Waals surface area contributed by atoms with Crippen LogP contribution in [0, 0.1) is 11.6 Å². The summed E-state index contributed by atoms with van der Waals surface area (Å²) in [6.07, 6.45) is 1.09. The third kappa shape index (κ3) is 3.19. The molecule has 3 aliphatic rings. The molecule has 148 valence electrons. The maximum atomic E-state index is 14.5. The Labute approximate surface area is 159 Å². The molecule has 0 radical (unpaired) electrons. The van der Waals surface area contributed by atoms with Crippen LogP contribution in [0.1, 0.15) is 5.56 Å². The second-order valence-corrected chi connectivity index (χ2v) is 7.89. The third-order valence-corrected chi connectivity index (χ3v) is 5.41. The van der Waals surface area contributed by atoms with Crippen molar-refractivity contribution in [2.45, 2.75) is 17.6 Å². The Balaban J connectivity index is 1.70. The van der Waals surface area contributed by atoms with Crippen LogP contribution in [-0.2, 0) is 21.3 Å². The van der Waals surface area contributed by atoms with Crippen molar-refractivity contribution < 1.29 is 21.9 Å². The second-order valence-electron chi connectivity index (χ2n) is 6.33. The number of primary sulfonamides is 1. The van der Waals surface area contributed by atoms with Crippen LogP contribution in [0.3, 0.4) is 0 Å². The molecule has 12 heteroatoms. The Morgan fingerprint density at radius 1 is 1.36 bits per heavy atom. The van der Waals surface area contributed by atoms with E-state index in [0.29, 0.717) is 36.8 Å². The third-order valence-electron chi connectivity index (χ3n) is 4.52. The molecule has 9 nitrogen and oxygen atoms in total. The molecular formula is C16H16F2N6O3S. The highest BCUT2D eigenvalue weighted by molar-refractivity contribution is 7.89. The zero-order valence-corrected chi connectivity index (χ0v) is 15.5. The van der Waals surface area contributed by atoms with Crippen molar-refractivity contribution in [1.82, 2.24) is 10.2 Å². The maximum absolute atomic E-state index is 14.5. The van der Waals surface area contributed by atoms with E-state index in [-0.39, 0.29) is 18.1 Å². The van der Waals surface area contributed by atoms with Gasteiger partial charge in [0.2, 0.25) is 10.0 Å². The smallest absolute Gasteiger partial charge is 0.314 e. The van der Waals surface area contributed by atoms with E-state index in [2.05, 4.69) is 20.3 Å². The minimum absolute atomic E-state index is 0.156. The standard InChI is InChI=1S/C16H16F2N6O3S/c1-27-16-22-13-14-8(5-21-15(13)23-16)4-20-7-24(14)6-10-11(17)2-9(3-12(10)18)28(19,25)26/h2-3,5,15,20H,4,6-7H2,1H3,(H2,19,25,26). The van der Waals surface area contributed by atoms with Crippen LogP contribution in [-0.4, -0.2) is 57.8 Å². The number of dihydropyridines is 1. The summed E-state index contributed by atoms with van der Waals surface area (Å²) >= 11 is 0. The minimum atomic E-state index is -4.22. The molecule has 1 aromatic carbocycles. The summed E-state index contributed by atoms with van der Waals surface area (Å²) in [6.45, 7) is 0.658. The fourth-order valence-electron chi connectivity index (χ4n) is 3.24. The number of hydrogen-bond acceptors (Lipinski definition) is 8. The summed E-state index contributed by atoms with van der Waals surface area (Å²) in [5.74, 6) is -2.00. The van der Waals surface area contributed by atoms with Crippen LogP contribution in [0.2, 0.25) is 0 Å². The molecule has 0 saturated carbocycles. The number of nitrogens with zero attached hydrogens (tertiary/aromatic N) is 4. The summed E-state index contributed by atoms with van der Waals surface area (Å²) < 4.78 is 56.8. The minimum Gasteiger partial charge on any atom is -0.467 e. The molecule has 3 N–H and O–H groups in total. The first-order valence-corrected chi connectivity index (χ1v) is 9.76. The van der Waals surface area contributed by atoms with Gasteiger partial charge in [0.05, 0.1) is 30.9 Å². The zero-order chi connectivity index (χ0) is 20.1. The maximum Gasteiger partial charge on any atom is 0.314 e. The Hall–Kier alpha value is -2.70. The number of hydrogen-bond donors (Lipinski definition) is 2. The molecule has 0 saturated heterocycles. The van der Waals surface area contributed by atoms with Crippen LogP contribution in [0.5, 0.6) is 0 Å². The van der Waals surface area contributed by atoms with Crippen LogP contribution >= 0.6 is 0 Å². The zero-order valence-electron chi connectivity index (χ0n) is 14.7. The molecule has 0 amide bonds. The Bertz CT molecular complexity index is 1060. The molecule has 1 unspecified atom stereocenters. The highest BCUT2D eigenvalue weighted by atomic mass is 32.2. The summed E-state index contributed by atoms with van der Waals surface area (Å²) in [7, 11) is -2.78.